The van der Waals surface area contributed by atoms with Crippen LogP contribution in [0.1, 0.15) is 22.6 Å². The van der Waals surface area contributed by atoms with E-state index in [9.17, 15) is 9.90 Å². The Labute approximate surface area is 130 Å². The standard InChI is InChI=1S/C20H18O2/c1-14-9-11-16(12-10-14)19(20(21)22)13-17-7-4-6-15-5-2-3-8-18(15)17/h2-12,19H,13H2,1H3,(H,21,22). The molecule has 0 amide bonds. The third kappa shape index (κ3) is 2.86. The first kappa shape index (κ1) is 14.3. The van der Waals surface area contributed by atoms with Gasteiger partial charge in [-0.05, 0) is 35.2 Å². The lowest BCUT2D eigenvalue weighted by molar-refractivity contribution is -0.138. The molecule has 3 aromatic rings. The quantitative estimate of drug-likeness (QED) is 0.765. The summed E-state index contributed by atoms with van der Waals surface area (Å²) in [5.41, 5.74) is 3.06. The van der Waals surface area contributed by atoms with Crippen LogP contribution in [-0.2, 0) is 11.2 Å². The van der Waals surface area contributed by atoms with Crippen LogP contribution in [0, 0.1) is 6.92 Å². The predicted octanol–water partition coefficient (Wildman–Crippen LogP) is 4.56. The van der Waals surface area contributed by atoms with Crippen molar-refractivity contribution in [1.29, 1.82) is 0 Å². The van der Waals surface area contributed by atoms with Crippen molar-refractivity contribution >= 4 is 16.7 Å². The molecule has 0 aliphatic heterocycles. The first-order valence-electron chi connectivity index (χ1n) is 7.41. The molecule has 0 aromatic heterocycles. The molecule has 0 saturated heterocycles. The van der Waals surface area contributed by atoms with Crippen LogP contribution in [0.15, 0.2) is 66.7 Å². The molecule has 1 atom stereocenters. The summed E-state index contributed by atoms with van der Waals surface area (Å²) in [6.45, 7) is 2.00. The van der Waals surface area contributed by atoms with Gasteiger partial charge in [-0.1, -0.05) is 72.3 Å². The Morgan fingerprint density at radius 2 is 1.64 bits per heavy atom. The molecular formula is C20H18O2. The van der Waals surface area contributed by atoms with Crippen LogP contribution in [-0.4, -0.2) is 11.1 Å². The monoisotopic (exact) mass is 290 g/mol. The average Bonchev–Trinajstić information content (AvgIpc) is 2.53. The Kier molecular flexibility index (Phi) is 3.92. The summed E-state index contributed by atoms with van der Waals surface area (Å²) in [7, 11) is 0. The summed E-state index contributed by atoms with van der Waals surface area (Å²) in [4.78, 5) is 11.7. The second-order valence-corrected chi connectivity index (χ2v) is 5.64. The normalized spacial score (nSPS) is 12.2. The van der Waals surface area contributed by atoms with Gasteiger partial charge in [0.05, 0.1) is 5.92 Å². The number of carboxylic acids is 1. The number of carbonyl (C=O) groups is 1. The molecule has 1 N–H and O–H groups in total. The fourth-order valence-electron chi connectivity index (χ4n) is 2.84. The van der Waals surface area contributed by atoms with Gasteiger partial charge < -0.3 is 5.11 Å². The summed E-state index contributed by atoms with van der Waals surface area (Å²) in [5, 5.41) is 11.9. The summed E-state index contributed by atoms with van der Waals surface area (Å²) in [5.74, 6) is -1.30. The van der Waals surface area contributed by atoms with Gasteiger partial charge in [0.2, 0.25) is 0 Å². The minimum absolute atomic E-state index is 0.500. The molecule has 0 radical (unpaired) electrons. The van der Waals surface area contributed by atoms with Crippen LogP contribution in [0.2, 0.25) is 0 Å². The van der Waals surface area contributed by atoms with Gasteiger partial charge in [0, 0.05) is 0 Å². The van der Waals surface area contributed by atoms with E-state index in [1.54, 1.807) is 0 Å². The van der Waals surface area contributed by atoms with Crippen molar-refractivity contribution < 1.29 is 9.90 Å². The predicted molar refractivity (Wildman–Crippen MR) is 89.2 cm³/mol. The number of aryl methyl sites for hydroxylation is 1. The molecule has 0 spiro atoms. The molecule has 22 heavy (non-hydrogen) atoms. The number of carboxylic acid groups (broad SMARTS) is 1. The molecule has 0 bridgehead atoms. The molecule has 3 aromatic carbocycles. The minimum Gasteiger partial charge on any atom is -0.481 e. The molecule has 0 fully saturated rings. The van der Waals surface area contributed by atoms with E-state index >= 15 is 0 Å². The van der Waals surface area contributed by atoms with Gasteiger partial charge in [-0.15, -0.1) is 0 Å². The van der Waals surface area contributed by atoms with Gasteiger partial charge in [0.1, 0.15) is 0 Å². The van der Waals surface area contributed by atoms with E-state index in [4.69, 9.17) is 0 Å². The fraction of sp³-hybridized carbons (Fsp3) is 0.150. The molecule has 0 aliphatic carbocycles. The van der Waals surface area contributed by atoms with E-state index < -0.39 is 11.9 Å². The van der Waals surface area contributed by atoms with Gasteiger partial charge in [-0.2, -0.15) is 0 Å². The highest BCUT2D eigenvalue weighted by Crippen LogP contribution is 2.26. The summed E-state index contributed by atoms with van der Waals surface area (Å²) >= 11 is 0. The zero-order valence-electron chi connectivity index (χ0n) is 12.5. The number of hydrogen-bond donors (Lipinski definition) is 1. The number of fused-ring (bicyclic) bond motifs is 1. The van der Waals surface area contributed by atoms with Gasteiger partial charge >= 0.3 is 5.97 Å². The zero-order valence-corrected chi connectivity index (χ0v) is 12.5. The Balaban J connectivity index is 2.00. The first-order chi connectivity index (χ1) is 10.6. The number of rotatable bonds is 4. The molecule has 3 rings (SSSR count). The van der Waals surface area contributed by atoms with E-state index in [0.29, 0.717) is 6.42 Å². The van der Waals surface area contributed by atoms with Crippen LogP contribution in [0.3, 0.4) is 0 Å². The van der Waals surface area contributed by atoms with Crippen LogP contribution in [0.25, 0.3) is 10.8 Å². The van der Waals surface area contributed by atoms with Crippen molar-refractivity contribution in [2.24, 2.45) is 0 Å². The molecule has 0 saturated carbocycles. The van der Waals surface area contributed by atoms with Gasteiger partial charge in [0.25, 0.3) is 0 Å². The third-order valence-electron chi connectivity index (χ3n) is 4.08. The number of hydrogen-bond acceptors (Lipinski definition) is 1. The molecule has 110 valence electrons. The maximum absolute atomic E-state index is 11.7. The van der Waals surface area contributed by atoms with Crippen molar-refractivity contribution in [3.63, 3.8) is 0 Å². The smallest absolute Gasteiger partial charge is 0.311 e. The molecule has 0 heterocycles. The Hall–Kier alpha value is -2.61. The molecule has 2 nitrogen and oxygen atoms in total. The molecule has 1 unspecified atom stereocenters. The molecule has 2 heteroatoms. The number of benzene rings is 3. The van der Waals surface area contributed by atoms with Crippen LogP contribution in [0.4, 0.5) is 0 Å². The largest absolute Gasteiger partial charge is 0.481 e. The van der Waals surface area contributed by atoms with E-state index in [0.717, 1.165) is 27.5 Å². The molecular weight excluding hydrogens is 272 g/mol. The Bertz CT molecular complexity index is 798. The average molecular weight is 290 g/mol. The van der Waals surface area contributed by atoms with E-state index in [1.165, 1.54) is 0 Å². The second-order valence-electron chi connectivity index (χ2n) is 5.64. The highest BCUT2D eigenvalue weighted by Gasteiger charge is 2.21. The van der Waals surface area contributed by atoms with Crippen LogP contribution >= 0.6 is 0 Å². The van der Waals surface area contributed by atoms with Crippen LogP contribution < -0.4 is 0 Å². The maximum atomic E-state index is 11.7. The van der Waals surface area contributed by atoms with E-state index in [2.05, 4.69) is 18.2 Å². The van der Waals surface area contributed by atoms with Gasteiger partial charge in [-0.25, -0.2) is 0 Å². The highest BCUT2D eigenvalue weighted by atomic mass is 16.4. The first-order valence-corrected chi connectivity index (χ1v) is 7.41. The topological polar surface area (TPSA) is 37.3 Å². The maximum Gasteiger partial charge on any atom is 0.311 e. The van der Waals surface area contributed by atoms with Crippen molar-refractivity contribution in [1.82, 2.24) is 0 Å². The Morgan fingerprint density at radius 3 is 2.36 bits per heavy atom. The van der Waals surface area contributed by atoms with Gasteiger partial charge in [0.15, 0.2) is 0 Å². The SMILES string of the molecule is Cc1ccc(C(Cc2cccc3ccccc23)C(=O)O)cc1. The Morgan fingerprint density at radius 1 is 0.955 bits per heavy atom. The zero-order chi connectivity index (χ0) is 15.5. The van der Waals surface area contributed by atoms with Gasteiger partial charge in [-0.3, -0.25) is 4.79 Å². The summed E-state index contributed by atoms with van der Waals surface area (Å²) < 4.78 is 0. The van der Waals surface area contributed by atoms with Crippen molar-refractivity contribution in [2.45, 2.75) is 19.3 Å². The number of aliphatic carboxylic acids is 1. The van der Waals surface area contributed by atoms with E-state index in [-0.39, 0.29) is 0 Å². The van der Waals surface area contributed by atoms with E-state index in [1.807, 2.05) is 55.5 Å². The molecule has 0 aliphatic rings. The third-order valence-corrected chi connectivity index (χ3v) is 4.08. The lowest BCUT2D eigenvalue weighted by Gasteiger charge is -2.15. The summed E-state index contributed by atoms with van der Waals surface area (Å²) in [6.07, 6.45) is 0.500. The second kappa shape index (κ2) is 6.02. The van der Waals surface area contributed by atoms with Crippen molar-refractivity contribution in [3.05, 3.63) is 83.4 Å². The lowest BCUT2D eigenvalue weighted by Crippen LogP contribution is -2.14. The fourth-order valence-corrected chi connectivity index (χ4v) is 2.84. The van der Waals surface area contributed by atoms with Crippen molar-refractivity contribution in [2.75, 3.05) is 0 Å². The summed E-state index contributed by atoms with van der Waals surface area (Å²) in [6, 6.07) is 21.9. The van der Waals surface area contributed by atoms with Crippen molar-refractivity contribution in [3.8, 4) is 0 Å². The highest BCUT2D eigenvalue weighted by molar-refractivity contribution is 5.86. The minimum atomic E-state index is -0.781. The van der Waals surface area contributed by atoms with Crippen LogP contribution in [0.5, 0.6) is 0 Å². The lowest BCUT2D eigenvalue weighted by atomic mass is 9.89.